The Kier molecular flexibility index (Phi) is 9.12. The molecular weight excluding hydrogens is 597 g/mol. The Morgan fingerprint density at radius 2 is 1.89 bits per heavy atom. The lowest BCUT2D eigenvalue weighted by Crippen LogP contribution is -2.39. The molecule has 236 valence electrons. The monoisotopic (exact) mass is 632 g/mol. The first-order chi connectivity index (χ1) is 20.8. The average Bonchev–Trinajstić information content (AvgIpc) is 3.37. The van der Waals surface area contributed by atoms with Crippen LogP contribution in [0.2, 0.25) is 0 Å². The number of rotatable bonds is 8. The van der Waals surface area contributed by atoms with E-state index in [1.165, 1.54) is 36.9 Å². The maximum atomic E-state index is 13.7. The Morgan fingerprint density at radius 1 is 1.14 bits per heavy atom. The number of hydrogen-bond donors (Lipinski definition) is 2. The number of carboxylic acids is 1. The topological polar surface area (TPSA) is 121 Å². The molecule has 5 rings (SSSR count). The van der Waals surface area contributed by atoms with Crippen molar-refractivity contribution in [2.75, 3.05) is 43.5 Å². The average molecular weight is 633 g/mol. The van der Waals surface area contributed by atoms with Crippen molar-refractivity contribution in [3.8, 4) is 17.0 Å². The number of ether oxygens (including phenoxy) is 1. The van der Waals surface area contributed by atoms with Crippen LogP contribution < -0.4 is 15.0 Å². The second-order valence-corrected chi connectivity index (χ2v) is 13.1. The zero-order valence-corrected chi connectivity index (χ0v) is 25.6. The molecule has 0 saturated carbocycles. The minimum absolute atomic E-state index is 0.0472. The van der Waals surface area contributed by atoms with Gasteiger partial charge in [0, 0.05) is 36.6 Å². The van der Waals surface area contributed by atoms with Crippen LogP contribution in [0.4, 0.5) is 24.1 Å². The lowest BCUT2D eigenvalue weighted by Gasteiger charge is -2.37. The SMILES string of the molecule is COc1cc(-c2nc(NC(=O)c3cnc(N4CCC(C(=O)O)CC4)cn3)sc2CN2CCCC(C)(C)C2)cc(C(F)(F)F)c1. The van der Waals surface area contributed by atoms with Gasteiger partial charge in [0.1, 0.15) is 17.3 Å². The quantitative estimate of drug-likeness (QED) is 0.317. The summed E-state index contributed by atoms with van der Waals surface area (Å²) in [6, 6.07) is 3.52. The van der Waals surface area contributed by atoms with E-state index in [2.05, 4.69) is 39.0 Å². The highest BCUT2D eigenvalue weighted by Crippen LogP contribution is 2.40. The Balaban J connectivity index is 1.39. The highest BCUT2D eigenvalue weighted by atomic mass is 32.1. The number of methoxy groups -OCH3 is 1. The van der Waals surface area contributed by atoms with Gasteiger partial charge in [-0.15, -0.1) is 0 Å². The van der Waals surface area contributed by atoms with Gasteiger partial charge >= 0.3 is 12.1 Å². The number of hydrogen-bond acceptors (Lipinski definition) is 9. The van der Waals surface area contributed by atoms with Gasteiger partial charge < -0.3 is 14.7 Å². The van der Waals surface area contributed by atoms with Crippen LogP contribution in [0.25, 0.3) is 11.3 Å². The van der Waals surface area contributed by atoms with E-state index in [9.17, 15) is 27.9 Å². The first-order valence-corrected chi connectivity index (χ1v) is 15.2. The van der Waals surface area contributed by atoms with Gasteiger partial charge in [0.05, 0.1) is 36.7 Å². The molecule has 1 amide bonds. The van der Waals surface area contributed by atoms with Crippen molar-refractivity contribution in [1.29, 1.82) is 0 Å². The second-order valence-electron chi connectivity index (χ2n) is 12.0. The van der Waals surface area contributed by atoms with E-state index in [-0.39, 0.29) is 33.5 Å². The number of anilines is 2. The van der Waals surface area contributed by atoms with Crippen LogP contribution >= 0.6 is 11.3 Å². The molecule has 14 heteroatoms. The highest BCUT2D eigenvalue weighted by Gasteiger charge is 2.33. The summed E-state index contributed by atoms with van der Waals surface area (Å²) < 4.78 is 46.4. The van der Waals surface area contributed by atoms with Gasteiger partial charge in [0.15, 0.2) is 5.13 Å². The van der Waals surface area contributed by atoms with Crippen molar-refractivity contribution in [2.45, 2.75) is 52.3 Å². The fraction of sp³-hybridized carbons (Fsp3) is 0.500. The molecule has 0 spiro atoms. The summed E-state index contributed by atoms with van der Waals surface area (Å²) in [7, 11) is 1.31. The fourth-order valence-corrected chi connectivity index (χ4v) is 6.78. The van der Waals surface area contributed by atoms with E-state index >= 15 is 0 Å². The molecule has 4 heterocycles. The van der Waals surface area contributed by atoms with Crippen molar-refractivity contribution >= 4 is 34.2 Å². The van der Waals surface area contributed by atoms with Crippen molar-refractivity contribution in [3.05, 3.63) is 46.7 Å². The summed E-state index contributed by atoms with van der Waals surface area (Å²) in [5.74, 6) is -1.13. The Bertz CT molecular complexity index is 1500. The number of carbonyl (C=O) groups is 2. The number of amides is 1. The molecule has 0 radical (unpaired) electrons. The smallest absolute Gasteiger partial charge is 0.416 e. The number of piperidine rings is 2. The molecule has 0 atom stereocenters. The predicted octanol–water partition coefficient (Wildman–Crippen LogP) is 5.80. The molecule has 2 aromatic heterocycles. The van der Waals surface area contributed by atoms with Crippen molar-refractivity contribution in [3.63, 3.8) is 0 Å². The standard InChI is InChI=1S/C30H35F3N6O4S/c1-29(2)7-4-8-38(17-29)16-23-25(19-11-20(30(31,32)33)13-21(12-19)43-3)36-28(44-23)37-26(40)22-14-35-24(15-34-22)39-9-5-18(6-10-39)27(41)42/h11-15,18H,4-10,16-17H2,1-3H3,(H,41,42)(H,36,37,40). The van der Waals surface area contributed by atoms with Gasteiger partial charge in [-0.05, 0) is 55.8 Å². The van der Waals surface area contributed by atoms with Crippen LogP contribution in [0.1, 0.15) is 60.5 Å². The molecular formula is C30H35F3N6O4S. The molecule has 0 aliphatic carbocycles. The van der Waals surface area contributed by atoms with E-state index < -0.39 is 23.6 Å². The normalized spacial score (nSPS) is 17.8. The number of benzene rings is 1. The Morgan fingerprint density at radius 3 is 2.50 bits per heavy atom. The maximum Gasteiger partial charge on any atom is 0.416 e. The number of halogens is 3. The molecule has 0 bridgehead atoms. The van der Waals surface area contributed by atoms with E-state index in [0.717, 1.165) is 42.9 Å². The zero-order valence-electron chi connectivity index (χ0n) is 24.8. The van der Waals surface area contributed by atoms with Crippen LogP contribution in [-0.4, -0.2) is 70.1 Å². The molecule has 3 aromatic rings. The number of aromatic nitrogens is 3. The molecule has 2 aliphatic heterocycles. The lowest BCUT2D eigenvalue weighted by molar-refractivity contribution is -0.142. The highest BCUT2D eigenvalue weighted by molar-refractivity contribution is 7.16. The third-order valence-electron chi connectivity index (χ3n) is 8.05. The van der Waals surface area contributed by atoms with E-state index in [0.29, 0.717) is 44.0 Å². The second kappa shape index (κ2) is 12.7. The number of nitrogens with one attached hydrogen (secondary N) is 1. The zero-order chi connectivity index (χ0) is 31.6. The fourth-order valence-electron chi connectivity index (χ4n) is 5.76. The van der Waals surface area contributed by atoms with E-state index in [1.807, 2.05) is 4.90 Å². The maximum absolute atomic E-state index is 13.7. The largest absolute Gasteiger partial charge is 0.497 e. The number of carboxylic acid groups (broad SMARTS) is 1. The van der Waals surface area contributed by atoms with Gasteiger partial charge in [-0.2, -0.15) is 13.2 Å². The number of carbonyl (C=O) groups excluding carboxylic acids is 1. The van der Waals surface area contributed by atoms with Crippen molar-refractivity contribution in [1.82, 2.24) is 19.9 Å². The van der Waals surface area contributed by atoms with Crippen LogP contribution in [0.15, 0.2) is 30.6 Å². The number of alkyl halides is 3. The number of aliphatic carboxylic acids is 1. The number of likely N-dealkylation sites (tertiary alicyclic amines) is 1. The molecule has 2 aliphatic rings. The summed E-state index contributed by atoms with van der Waals surface area (Å²) in [4.78, 5) is 42.5. The van der Waals surface area contributed by atoms with Crippen LogP contribution in [-0.2, 0) is 17.5 Å². The van der Waals surface area contributed by atoms with Crippen LogP contribution in [0.5, 0.6) is 5.75 Å². The Labute approximate surface area is 257 Å². The number of thiazole rings is 1. The predicted molar refractivity (Wildman–Crippen MR) is 160 cm³/mol. The minimum atomic E-state index is -4.58. The summed E-state index contributed by atoms with van der Waals surface area (Å²) in [6.07, 6.45) is 1.34. The summed E-state index contributed by atoms with van der Waals surface area (Å²) in [5.41, 5.74) is -0.0971. The van der Waals surface area contributed by atoms with Crippen molar-refractivity contribution in [2.24, 2.45) is 11.3 Å². The van der Waals surface area contributed by atoms with Crippen molar-refractivity contribution < 1.29 is 32.6 Å². The van der Waals surface area contributed by atoms with Crippen LogP contribution in [0.3, 0.4) is 0 Å². The molecule has 44 heavy (non-hydrogen) atoms. The summed E-state index contributed by atoms with van der Waals surface area (Å²) in [6.45, 7) is 7.59. The van der Waals surface area contributed by atoms with E-state index in [1.54, 1.807) is 0 Å². The van der Waals surface area contributed by atoms with Gasteiger partial charge in [-0.25, -0.2) is 15.0 Å². The molecule has 0 unspecified atom stereocenters. The molecule has 10 nitrogen and oxygen atoms in total. The molecule has 2 saturated heterocycles. The van der Waals surface area contributed by atoms with Gasteiger partial charge in [0.25, 0.3) is 5.91 Å². The molecule has 2 fully saturated rings. The summed E-state index contributed by atoms with van der Waals surface area (Å²) in [5, 5.41) is 12.2. The number of nitrogens with zero attached hydrogens (tertiary/aromatic N) is 5. The van der Waals surface area contributed by atoms with Gasteiger partial charge in [-0.3, -0.25) is 19.8 Å². The third kappa shape index (κ3) is 7.46. The summed E-state index contributed by atoms with van der Waals surface area (Å²) >= 11 is 1.22. The molecule has 1 aromatic carbocycles. The first kappa shape index (κ1) is 31.6. The minimum Gasteiger partial charge on any atom is -0.497 e. The van der Waals surface area contributed by atoms with E-state index in [4.69, 9.17) is 4.74 Å². The first-order valence-electron chi connectivity index (χ1n) is 14.4. The molecule has 2 N–H and O–H groups in total. The Hall–Kier alpha value is -3.78. The third-order valence-corrected chi connectivity index (χ3v) is 9.00. The van der Waals surface area contributed by atoms with Gasteiger partial charge in [0.2, 0.25) is 0 Å². The lowest BCUT2D eigenvalue weighted by atomic mass is 9.84. The van der Waals surface area contributed by atoms with Crippen LogP contribution in [0, 0.1) is 11.3 Å². The van der Waals surface area contributed by atoms with Gasteiger partial charge in [-0.1, -0.05) is 25.2 Å².